The van der Waals surface area contributed by atoms with Gasteiger partial charge < -0.3 is 10.6 Å². The fourth-order valence-electron chi connectivity index (χ4n) is 3.18. The number of nitrogens with zero attached hydrogens (tertiary/aromatic N) is 3. The van der Waals surface area contributed by atoms with E-state index in [-0.39, 0.29) is 24.7 Å². The summed E-state index contributed by atoms with van der Waals surface area (Å²) in [7, 11) is 0. The highest BCUT2D eigenvalue weighted by Gasteiger charge is 2.16. The van der Waals surface area contributed by atoms with Crippen molar-refractivity contribution in [2.75, 3.05) is 11.4 Å². The number of amides is 2. The molecule has 2 amide bonds. The maximum atomic E-state index is 13.3. The number of carbonyl (C=O) groups excluding carboxylic acids is 2. The van der Waals surface area contributed by atoms with Gasteiger partial charge >= 0.3 is 0 Å². The van der Waals surface area contributed by atoms with E-state index in [1.807, 2.05) is 13.8 Å². The van der Waals surface area contributed by atoms with E-state index in [4.69, 9.17) is 5.73 Å². The van der Waals surface area contributed by atoms with E-state index < -0.39 is 11.7 Å². The van der Waals surface area contributed by atoms with Crippen LogP contribution in [0.4, 0.5) is 14.5 Å². The molecule has 0 unspecified atom stereocenters. The molecule has 0 aliphatic carbocycles. The van der Waals surface area contributed by atoms with Crippen LogP contribution in [0.5, 0.6) is 0 Å². The van der Waals surface area contributed by atoms with Gasteiger partial charge in [0.25, 0.3) is 5.91 Å². The number of nitrogens with two attached hydrogens (primary N) is 1. The molecule has 2 aromatic carbocycles. The average molecular weight is 424 g/mol. The van der Waals surface area contributed by atoms with E-state index in [9.17, 15) is 18.4 Å². The van der Waals surface area contributed by atoms with Crippen molar-refractivity contribution in [2.24, 2.45) is 5.73 Å². The molecule has 3 aromatic rings. The smallest absolute Gasteiger partial charge is 0.251 e. The zero-order valence-corrected chi connectivity index (χ0v) is 17.2. The van der Waals surface area contributed by atoms with Crippen molar-refractivity contribution in [3.63, 3.8) is 0 Å². The molecule has 0 fully saturated rings. The standard InChI is InChI=1S/C23H22F2N4O2/c1-15-21(16(2)29(27-15)20-9-5-18(25)6-10-20)11-12-23(31)28(14-13-22(26)30)19-7-3-17(24)4-8-19/h3-12H,13-14H2,1-2H3,(H2,26,30)/b12-11+. The topological polar surface area (TPSA) is 81.2 Å². The first kappa shape index (κ1) is 21.9. The molecule has 0 bridgehead atoms. The first-order valence-electron chi connectivity index (χ1n) is 9.62. The summed E-state index contributed by atoms with van der Waals surface area (Å²) < 4.78 is 28.2. The van der Waals surface area contributed by atoms with Gasteiger partial charge in [-0.05, 0) is 68.5 Å². The van der Waals surface area contributed by atoms with Gasteiger partial charge in [-0.15, -0.1) is 0 Å². The molecular formula is C23H22F2N4O2. The Hall–Kier alpha value is -3.81. The Morgan fingerprint density at radius 3 is 2.19 bits per heavy atom. The molecule has 2 N–H and O–H groups in total. The number of primary amides is 1. The second-order valence-corrected chi connectivity index (χ2v) is 6.99. The highest BCUT2D eigenvalue weighted by Crippen LogP contribution is 2.21. The van der Waals surface area contributed by atoms with Gasteiger partial charge in [0.15, 0.2) is 0 Å². The molecule has 0 spiro atoms. The van der Waals surface area contributed by atoms with Crippen molar-refractivity contribution in [2.45, 2.75) is 20.3 Å². The normalized spacial score (nSPS) is 11.1. The molecule has 0 aliphatic heterocycles. The zero-order chi connectivity index (χ0) is 22.5. The van der Waals surface area contributed by atoms with E-state index in [0.717, 1.165) is 11.3 Å². The van der Waals surface area contributed by atoms with Crippen LogP contribution >= 0.6 is 0 Å². The van der Waals surface area contributed by atoms with E-state index in [1.165, 1.54) is 47.4 Å². The molecule has 0 radical (unpaired) electrons. The fourth-order valence-corrected chi connectivity index (χ4v) is 3.18. The van der Waals surface area contributed by atoms with Crippen LogP contribution in [0.25, 0.3) is 11.8 Å². The van der Waals surface area contributed by atoms with Gasteiger partial charge in [0.05, 0.1) is 11.4 Å². The van der Waals surface area contributed by atoms with Crippen LogP contribution in [0.15, 0.2) is 54.6 Å². The maximum Gasteiger partial charge on any atom is 0.251 e. The van der Waals surface area contributed by atoms with E-state index in [1.54, 1.807) is 22.9 Å². The van der Waals surface area contributed by atoms with Crippen LogP contribution in [-0.2, 0) is 9.59 Å². The molecular weight excluding hydrogens is 402 g/mol. The van der Waals surface area contributed by atoms with E-state index in [2.05, 4.69) is 5.10 Å². The SMILES string of the molecule is Cc1nn(-c2ccc(F)cc2)c(C)c1/C=C/C(=O)N(CCC(N)=O)c1ccc(F)cc1. The summed E-state index contributed by atoms with van der Waals surface area (Å²) in [6.45, 7) is 3.72. The van der Waals surface area contributed by atoms with Crippen LogP contribution in [0.1, 0.15) is 23.4 Å². The van der Waals surface area contributed by atoms with Crippen molar-refractivity contribution in [1.82, 2.24) is 9.78 Å². The molecule has 3 rings (SSSR count). The summed E-state index contributed by atoms with van der Waals surface area (Å²) in [5, 5.41) is 4.48. The Morgan fingerprint density at radius 2 is 1.61 bits per heavy atom. The number of benzene rings is 2. The quantitative estimate of drug-likeness (QED) is 0.588. The van der Waals surface area contributed by atoms with Gasteiger partial charge in [-0.3, -0.25) is 9.59 Å². The number of halogens is 2. The highest BCUT2D eigenvalue weighted by molar-refractivity contribution is 6.04. The monoisotopic (exact) mass is 424 g/mol. The van der Waals surface area contributed by atoms with Crippen molar-refractivity contribution >= 4 is 23.6 Å². The van der Waals surface area contributed by atoms with Crippen LogP contribution in [-0.4, -0.2) is 28.1 Å². The first-order chi connectivity index (χ1) is 14.8. The Bertz CT molecular complexity index is 1120. The molecule has 8 heteroatoms. The molecule has 1 heterocycles. The average Bonchev–Trinajstić information content (AvgIpc) is 3.01. The van der Waals surface area contributed by atoms with Crippen LogP contribution in [0, 0.1) is 25.5 Å². The van der Waals surface area contributed by atoms with Crippen LogP contribution in [0.3, 0.4) is 0 Å². The summed E-state index contributed by atoms with van der Waals surface area (Å²) in [4.78, 5) is 25.4. The van der Waals surface area contributed by atoms with Crippen molar-refractivity contribution in [3.05, 3.63) is 83.2 Å². The van der Waals surface area contributed by atoms with E-state index in [0.29, 0.717) is 17.1 Å². The Labute approximate surface area is 178 Å². The number of aromatic nitrogens is 2. The summed E-state index contributed by atoms with van der Waals surface area (Å²) >= 11 is 0. The summed E-state index contributed by atoms with van der Waals surface area (Å²) in [5.74, 6) is -1.70. The van der Waals surface area contributed by atoms with Gasteiger partial charge in [-0.25, -0.2) is 13.5 Å². The van der Waals surface area contributed by atoms with Crippen molar-refractivity contribution in [3.8, 4) is 5.69 Å². The Balaban J connectivity index is 1.87. The van der Waals surface area contributed by atoms with Crippen LogP contribution < -0.4 is 10.6 Å². The fraction of sp³-hybridized carbons (Fsp3) is 0.174. The van der Waals surface area contributed by atoms with Crippen molar-refractivity contribution in [1.29, 1.82) is 0 Å². The third kappa shape index (κ3) is 5.22. The molecule has 0 saturated carbocycles. The summed E-state index contributed by atoms with van der Waals surface area (Å²) in [5.41, 5.74) is 8.58. The third-order valence-electron chi connectivity index (χ3n) is 4.80. The zero-order valence-electron chi connectivity index (χ0n) is 17.2. The lowest BCUT2D eigenvalue weighted by atomic mass is 10.1. The molecule has 0 aliphatic rings. The van der Waals surface area contributed by atoms with Gasteiger partial charge in [-0.1, -0.05) is 0 Å². The molecule has 0 saturated heterocycles. The van der Waals surface area contributed by atoms with Gasteiger partial charge in [0.1, 0.15) is 11.6 Å². The number of carbonyl (C=O) groups is 2. The minimum Gasteiger partial charge on any atom is -0.370 e. The van der Waals surface area contributed by atoms with Gasteiger partial charge in [-0.2, -0.15) is 5.10 Å². The Morgan fingerprint density at radius 1 is 1.03 bits per heavy atom. The Kier molecular flexibility index (Phi) is 6.59. The largest absolute Gasteiger partial charge is 0.370 e. The van der Waals surface area contributed by atoms with E-state index >= 15 is 0 Å². The molecule has 0 atom stereocenters. The minimum atomic E-state index is -0.545. The molecule has 1 aromatic heterocycles. The lowest BCUT2D eigenvalue weighted by Crippen LogP contribution is -2.32. The maximum absolute atomic E-state index is 13.3. The highest BCUT2D eigenvalue weighted by atomic mass is 19.1. The number of hydrogen-bond donors (Lipinski definition) is 1. The third-order valence-corrected chi connectivity index (χ3v) is 4.80. The number of hydrogen-bond acceptors (Lipinski definition) is 3. The molecule has 6 nitrogen and oxygen atoms in total. The summed E-state index contributed by atoms with van der Waals surface area (Å²) in [6, 6.07) is 11.3. The second kappa shape index (κ2) is 9.34. The number of aryl methyl sites for hydroxylation is 1. The van der Waals surface area contributed by atoms with Gasteiger partial charge in [0, 0.05) is 36.0 Å². The predicted molar refractivity (Wildman–Crippen MR) is 115 cm³/mol. The first-order valence-corrected chi connectivity index (χ1v) is 9.62. The minimum absolute atomic E-state index is 0.0302. The molecule has 160 valence electrons. The predicted octanol–water partition coefficient (Wildman–Crippen LogP) is 3.69. The second-order valence-electron chi connectivity index (χ2n) is 6.99. The lowest BCUT2D eigenvalue weighted by Gasteiger charge is -2.20. The van der Waals surface area contributed by atoms with Crippen LogP contribution in [0.2, 0.25) is 0 Å². The lowest BCUT2D eigenvalue weighted by molar-refractivity contribution is -0.118. The van der Waals surface area contributed by atoms with Gasteiger partial charge in [0.2, 0.25) is 5.91 Å². The number of rotatable bonds is 7. The summed E-state index contributed by atoms with van der Waals surface area (Å²) in [6.07, 6.45) is 2.98. The van der Waals surface area contributed by atoms with Crippen molar-refractivity contribution < 1.29 is 18.4 Å². The number of anilines is 1. The molecule has 31 heavy (non-hydrogen) atoms.